The molecule has 0 atom stereocenters. The first-order chi connectivity index (χ1) is 14.1. The van der Waals surface area contributed by atoms with Crippen LogP contribution in [0, 0.1) is 6.92 Å². The zero-order chi connectivity index (χ0) is 20.2. The molecule has 0 spiro atoms. The molecule has 6 heteroatoms. The highest BCUT2D eigenvalue weighted by Gasteiger charge is 2.13. The zero-order valence-corrected chi connectivity index (χ0v) is 16.0. The SMILES string of the molecule is Cc1c[nH]c(=O)n1-c1ccccc1NC(=O)CCc1ccc(-c2ccccc2)o1. The highest BCUT2D eigenvalue weighted by atomic mass is 16.3. The van der Waals surface area contributed by atoms with Gasteiger partial charge in [-0.2, -0.15) is 0 Å². The number of H-pyrrole nitrogens is 1. The number of para-hydroxylation sites is 2. The second-order valence-corrected chi connectivity index (χ2v) is 6.77. The first-order valence-electron chi connectivity index (χ1n) is 9.42. The predicted octanol–water partition coefficient (Wildman–Crippen LogP) is 4.31. The van der Waals surface area contributed by atoms with Crippen molar-refractivity contribution in [2.45, 2.75) is 19.8 Å². The number of hydrogen-bond donors (Lipinski definition) is 2. The maximum Gasteiger partial charge on any atom is 0.330 e. The van der Waals surface area contributed by atoms with E-state index in [9.17, 15) is 9.59 Å². The summed E-state index contributed by atoms with van der Waals surface area (Å²) in [5.41, 5.74) is 2.75. The van der Waals surface area contributed by atoms with Crippen LogP contribution in [-0.4, -0.2) is 15.5 Å². The Morgan fingerprint density at radius 1 is 1.03 bits per heavy atom. The molecule has 0 saturated carbocycles. The van der Waals surface area contributed by atoms with Crippen molar-refractivity contribution in [3.63, 3.8) is 0 Å². The van der Waals surface area contributed by atoms with E-state index in [4.69, 9.17) is 4.42 Å². The Balaban J connectivity index is 1.44. The summed E-state index contributed by atoms with van der Waals surface area (Å²) >= 11 is 0. The average Bonchev–Trinajstić information content (AvgIpc) is 3.34. The predicted molar refractivity (Wildman–Crippen MR) is 112 cm³/mol. The van der Waals surface area contributed by atoms with Gasteiger partial charge in [0.05, 0.1) is 11.4 Å². The summed E-state index contributed by atoms with van der Waals surface area (Å²) in [6, 6.07) is 20.9. The Hall–Kier alpha value is -3.80. The summed E-state index contributed by atoms with van der Waals surface area (Å²) in [6.45, 7) is 1.83. The molecule has 0 fully saturated rings. The van der Waals surface area contributed by atoms with Gasteiger partial charge in [0, 0.05) is 30.3 Å². The second kappa shape index (κ2) is 8.06. The number of aryl methyl sites for hydroxylation is 2. The van der Waals surface area contributed by atoms with Crippen molar-refractivity contribution in [2.24, 2.45) is 0 Å². The fraction of sp³-hybridized carbons (Fsp3) is 0.130. The van der Waals surface area contributed by atoms with Crippen LogP contribution >= 0.6 is 0 Å². The van der Waals surface area contributed by atoms with Crippen molar-refractivity contribution in [2.75, 3.05) is 5.32 Å². The number of rotatable bonds is 6. The molecule has 0 aliphatic rings. The van der Waals surface area contributed by atoms with E-state index in [2.05, 4.69) is 10.3 Å². The molecule has 4 rings (SSSR count). The lowest BCUT2D eigenvalue weighted by Gasteiger charge is -2.12. The number of anilines is 1. The number of benzene rings is 2. The van der Waals surface area contributed by atoms with Gasteiger partial charge in [-0.25, -0.2) is 4.79 Å². The summed E-state index contributed by atoms with van der Waals surface area (Å²) in [5.74, 6) is 1.40. The molecule has 6 nitrogen and oxygen atoms in total. The fourth-order valence-corrected chi connectivity index (χ4v) is 3.25. The van der Waals surface area contributed by atoms with E-state index >= 15 is 0 Å². The number of carbonyl (C=O) groups excluding carboxylic acids is 1. The quantitative estimate of drug-likeness (QED) is 0.517. The molecule has 2 aromatic carbocycles. The van der Waals surface area contributed by atoms with Crippen molar-refractivity contribution in [3.8, 4) is 17.0 Å². The van der Waals surface area contributed by atoms with E-state index < -0.39 is 0 Å². The molecule has 1 amide bonds. The van der Waals surface area contributed by atoms with Crippen LogP contribution < -0.4 is 11.0 Å². The number of imidazole rings is 1. The number of furan rings is 1. The Bertz CT molecular complexity index is 1190. The molecular weight excluding hydrogens is 366 g/mol. The first-order valence-corrected chi connectivity index (χ1v) is 9.42. The third-order valence-electron chi connectivity index (χ3n) is 4.70. The summed E-state index contributed by atoms with van der Waals surface area (Å²) < 4.78 is 7.39. The molecule has 0 aliphatic heterocycles. The lowest BCUT2D eigenvalue weighted by molar-refractivity contribution is -0.116. The molecule has 0 radical (unpaired) electrons. The number of nitrogens with one attached hydrogen (secondary N) is 2. The summed E-state index contributed by atoms with van der Waals surface area (Å²) in [7, 11) is 0. The maximum atomic E-state index is 12.5. The summed E-state index contributed by atoms with van der Waals surface area (Å²) in [4.78, 5) is 27.3. The molecule has 29 heavy (non-hydrogen) atoms. The Morgan fingerprint density at radius 2 is 1.79 bits per heavy atom. The van der Waals surface area contributed by atoms with Crippen LogP contribution in [0.15, 0.2) is 82.1 Å². The number of aromatic amines is 1. The molecule has 0 bridgehead atoms. The molecule has 0 unspecified atom stereocenters. The van der Waals surface area contributed by atoms with E-state index in [-0.39, 0.29) is 18.0 Å². The van der Waals surface area contributed by atoms with Crippen LogP contribution in [-0.2, 0) is 11.2 Å². The molecule has 4 aromatic rings. The third kappa shape index (κ3) is 4.06. The largest absolute Gasteiger partial charge is 0.461 e. The Morgan fingerprint density at radius 3 is 2.55 bits per heavy atom. The van der Waals surface area contributed by atoms with Gasteiger partial charge in [-0.15, -0.1) is 0 Å². The van der Waals surface area contributed by atoms with Crippen LogP contribution in [0.3, 0.4) is 0 Å². The number of nitrogens with zero attached hydrogens (tertiary/aromatic N) is 1. The van der Waals surface area contributed by atoms with Crippen molar-refractivity contribution >= 4 is 11.6 Å². The minimum absolute atomic E-state index is 0.142. The standard InChI is InChI=1S/C23H21N3O3/c1-16-15-24-23(28)26(16)20-10-6-5-9-19(20)25-22(27)14-12-18-11-13-21(29-18)17-7-3-2-4-8-17/h2-11,13,15H,12,14H2,1H3,(H,24,28)(H,25,27). The lowest BCUT2D eigenvalue weighted by Crippen LogP contribution is -2.19. The van der Waals surface area contributed by atoms with Crippen LogP contribution in [0.5, 0.6) is 0 Å². The molecule has 2 N–H and O–H groups in total. The molecule has 2 aromatic heterocycles. The maximum absolute atomic E-state index is 12.5. The van der Waals surface area contributed by atoms with Crippen LogP contribution in [0.25, 0.3) is 17.0 Å². The minimum Gasteiger partial charge on any atom is -0.461 e. The van der Waals surface area contributed by atoms with Gasteiger partial charge in [-0.3, -0.25) is 9.36 Å². The van der Waals surface area contributed by atoms with Crippen molar-refractivity contribution in [3.05, 3.63) is 94.9 Å². The van der Waals surface area contributed by atoms with Crippen LogP contribution in [0.2, 0.25) is 0 Å². The van der Waals surface area contributed by atoms with E-state index in [1.54, 1.807) is 18.3 Å². The van der Waals surface area contributed by atoms with Gasteiger partial charge in [-0.05, 0) is 31.2 Å². The number of amides is 1. The van der Waals surface area contributed by atoms with E-state index in [1.165, 1.54) is 4.57 Å². The van der Waals surface area contributed by atoms with Crippen molar-refractivity contribution < 1.29 is 9.21 Å². The highest BCUT2D eigenvalue weighted by Crippen LogP contribution is 2.23. The molecule has 0 aliphatic carbocycles. The monoisotopic (exact) mass is 387 g/mol. The Kier molecular flexibility index (Phi) is 5.16. The van der Waals surface area contributed by atoms with Gasteiger partial charge in [-0.1, -0.05) is 42.5 Å². The first kappa shape index (κ1) is 18.6. The van der Waals surface area contributed by atoms with E-state index in [0.29, 0.717) is 17.8 Å². The zero-order valence-electron chi connectivity index (χ0n) is 16.0. The normalized spacial score (nSPS) is 10.8. The second-order valence-electron chi connectivity index (χ2n) is 6.77. The molecular formula is C23H21N3O3. The van der Waals surface area contributed by atoms with Crippen molar-refractivity contribution in [1.29, 1.82) is 0 Å². The molecule has 0 saturated heterocycles. The number of aromatic nitrogens is 2. The smallest absolute Gasteiger partial charge is 0.330 e. The minimum atomic E-state index is -0.242. The van der Waals surface area contributed by atoms with Gasteiger partial charge in [0.2, 0.25) is 5.91 Å². The summed E-state index contributed by atoms with van der Waals surface area (Å²) in [6.07, 6.45) is 2.41. The van der Waals surface area contributed by atoms with Crippen molar-refractivity contribution in [1.82, 2.24) is 9.55 Å². The Labute approximate surface area is 167 Å². The van der Waals surface area contributed by atoms with Gasteiger partial charge < -0.3 is 14.7 Å². The van der Waals surface area contributed by atoms with Gasteiger partial charge in [0.25, 0.3) is 0 Å². The topological polar surface area (TPSA) is 80.0 Å². The van der Waals surface area contributed by atoms with Crippen LogP contribution in [0.4, 0.5) is 5.69 Å². The van der Waals surface area contributed by atoms with Gasteiger partial charge in [0.1, 0.15) is 11.5 Å². The lowest BCUT2D eigenvalue weighted by atomic mass is 10.2. The summed E-state index contributed by atoms with van der Waals surface area (Å²) in [5, 5.41) is 2.91. The van der Waals surface area contributed by atoms with E-state index in [0.717, 1.165) is 22.8 Å². The number of hydrogen-bond acceptors (Lipinski definition) is 3. The number of carbonyl (C=O) groups is 1. The molecule has 146 valence electrons. The van der Waals surface area contributed by atoms with Gasteiger partial charge in [0.15, 0.2) is 0 Å². The fourth-order valence-electron chi connectivity index (χ4n) is 3.25. The average molecular weight is 387 g/mol. The third-order valence-corrected chi connectivity index (χ3v) is 4.70. The highest BCUT2D eigenvalue weighted by molar-refractivity contribution is 5.93. The molecule has 2 heterocycles. The van der Waals surface area contributed by atoms with E-state index in [1.807, 2.05) is 61.5 Å². The van der Waals surface area contributed by atoms with Crippen LogP contribution in [0.1, 0.15) is 17.9 Å². The van der Waals surface area contributed by atoms with Gasteiger partial charge >= 0.3 is 5.69 Å².